The van der Waals surface area contributed by atoms with E-state index in [0.717, 1.165) is 17.7 Å². The van der Waals surface area contributed by atoms with E-state index >= 15 is 0 Å². The summed E-state index contributed by atoms with van der Waals surface area (Å²) in [4.78, 5) is 8.27. The number of ether oxygens (including phenoxy) is 1. The normalized spacial score (nSPS) is 10.2. The van der Waals surface area contributed by atoms with E-state index in [1.165, 1.54) is 0 Å². The Kier molecular flexibility index (Phi) is 4.05. The van der Waals surface area contributed by atoms with Crippen LogP contribution in [0.2, 0.25) is 0 Å². The van der Waals surface area contributed by atoms with Gasteiger partial charge in [-0.2, -0.15) is 0 Å². The summed E-state index contributed by atoms with van der Waals surface area (Å²) in [6.07, 6.45) is 4.13. The average molecular weight is 230 g/mol. The molecular weight excluding hydrogens is 216 g/mol. The molecule has 0 amide bonds. The second-order valence-corrected chi connectivity index (χ2v) is 3.58. The first kappa shape index (κ1) is 11.5. The van der Waals surface area contributed by atoms with Gasteiger partial charge < -0.3 is 9.84 Å². The molecular formula is C13H14N2O2. The third-order valence-electron chi connectivity index (χ3n) is 2.32. The predicted molar refractivity (Wildman–Crippen MR) is 63.6 cm³/mol. The molecule has 2 heterocycles. The third kappa shape index (κ3) is 3.53. The van der Waals surface area contributed by atoms with Gasteiger partial charge >= 0.3 is 0 Å². The lowest BCUT2D eigenvalue weighted by molar-refractivity contribution is 0.277. The molecule has 0 atom stereocenters. The number of pyridine rings is 2. The van der Waals surface area contributed by atoms with Gasteiger partial charge in [0.05, 0.1) is 13.2 Å². The predicted octanol–water partition coefficient (Wildman–Crippen LogP) is 1.59. The van der Waals surface area contributed by atoms with Crippen LogP contribution in [-0.4, -0.2) is 21.7 Å². The minimum absolute atomic E-state index is 0.000872. The molecule has 88 valence electrons. The second-order valence-electron chi connectivity index (χ2n) is 3.58. The van der Waals surface area contributed by atoms with Crippen molar-refractivity contribution < 1.29 is 9.84 Å². The fourth-order valence-corrected chi connectivity index (χ4v) is 1.43. The van der Waals surface area contributed by atoms with E-state index in [-0.39, 0.29) is 6.61 Å². The molecule has 4 nitrogen and oxygen atoms in total. The van der Waals surface area contributed by atoms with E-state index < -0.39 is 0 Å². The van der Waals surface area contributed by atoms with E-state index in [1.54, 1.807) is 24.5 Å². The zero-order valence-electron chi connectivity index (χ0n) is 9.41. The van der Waals surface area contributed by atoms with Gasteiger partial charge in [-0.25, -0.2) is 4.98 Å². The van der Waals surface area contributed by atoms with Crippen molar-refractivity contribution in [2.45, 2.75) is 13.0 Å². The lowest BCUT2D eigenvalue weighted by Gasteiger charge is -2.05. The molecule has 0 aromatic carbocycles. The maximum absolute atomic E-state index is 8.97. The van der Waals surface area contributed by atoms with Gasteiger partial charge in [-0.15, -0.1) is 0 Å². The highest BCUT2D eigenvalue weighted by atomic mass is 16.5. The van der Waals surface area contributed by atoms with Crippen molar-refractivity contribution in [3.63, 3.8) is 0 Å². The van der Waals surface area contributed by atoms with Crippen molar-refractivity contribution in [2.24, 2.45) is 0 Å². The molecule has 0 saturated carbocycles. The first-order chi connectivity index (χ1) is 8.38. The van der Waals surface area contributed by atoms with Gasteiger partial charge in [0.15, 0.2) is 0 Å². The summed E-state index contributed by atoms with van der Waals surface area (Å²) in [5.41, 5.74) is 1.79. The lowest BCUT2D eigenvalue weighted by Crippen LogP contribution is -2.04. The van der Waals surface area contributed by atoms with Crippen LogP contribution in [0.3, 0.4) is 0 Å². The van der Waals surface area contributed by atoms with Crippen molar-refractivity contribution in [1.29, 1.82) is 0 Å². The highest BCUT2D eigenvalue weighted by Crippen LogP contribution is 2.09. The number of rotatable bonds is 5. The molecule has 0 aliphatic carbocycles. The van der Waals surface area contributed by atoms with Crippen LogP contribution in [0.25, 0.3) is 0 Å². The standard InChI is InChI=1S/C13H14N2O2/c16-10-11-4-7-15-13(9-11)17-8-5-12-3-1-2-6-14-12/h1-4,6-7,9,16H,5,8,10H2. The summed E-state index contributed by atoms with van der Waals surface area (Å²) in [5, 5.41) is 8.97. The van der Waals surface area contributed by atoms with E-state index in [1.807, 2.05) is 18.2 Å². The Balaban J connectivity index is 1.86. The first-order valence-corrected chi connectivity index (χ1v) is 5.47. The number of nitrogens with zero attached hydrogens (tertiary/aromatic N) is 2. The Hall–Kier alpha value is -1.94. The van der Waals surface area contributed by atoms with Crippen molar-refractivity contribution in [1.82, 2.24) is 9.97 Å². The molecule has 0 bridgehead atoms. The highest BCUT2D eigenvalue weighted by molar-refractivity contribution is 5.19. The van der Waals surface area contributed by atoms with Gasteiger partial charge in [0.25, 0.3) is 0 Å². The van der Waals surface area contributed by atoms with Crippen molar-refractivity contribution in [3.05, 3.63) is 54.0 Å². The maximum atomic E-state index is 8.97. The molecule has 4 heteroatoms. The fourth-order valence-electron chi connectivity index (χ4n) is 1.43. The average Bonchev–Trinajstić information content (AvgIpc) is 2.40. The molecule has 2 aromatic heterocycles. The summed E-state index contributed by atoms with van der Waals surface area (Å²) in [6, 6.07) is 9.29. The smallest absolute Gasteiger partial charge is 0.213 e. The number of aliphatic hydroxyl groups is 1. The minimum atomic E-state index is -0.000872. The zero-order chi connectivity index (χ0) is 11.9. The summed E-state index contributed by atoms with van der Waals surface area (Å²) < 4.78 is 5.49. The van der Waals surface area contributed by atoms with Gasteiger partial charge in [0, 0.05) is 30.6 Å². The molecule has 0 aliphatic rings. The fraction of sp³-hybridized carbons (Fsp3) is 0.231. The second kappa shape index (κ2) is 5.96. The molecule has 0 fully saturated rings. The van der Waals surface area contributed by atoms with E-state index in [2.05, 4.69) is 9.97 Å². The molecule has 1 N–H and O–H groups in total. The van der Waals surface area contributed by atoms with Gasteiger partial charge in [-0.05, 0) is 23.8 Å². The van der Waals surface area contributed by atoms with Gasteiger partial charge in [0.1, 0.15) is 0 Å². The lowest BCUT2D eigenvalue weighted by atomic mass is 10.3. The van der Waals surface area contributed by atoms with Gasteiger partial charge in [-0.3, -0.25) is 4.98 Å². The third-order valence-corrected chi connectivity index (χ3v) is 2.32. The van der Waals surface area contributed by atoms with E-state index in [4.69, 9.17) is 9.84 Å². The molecule has 0 unspecified atom stereocenters. The van der Waals surface area contributed by atoms with E-state index in [9.17, 15) is 0 Å². The number of hydrogen-bond acceptors (Lipinski definition) is 4. The molecule has 2 aromatic rings. The molecule has 0 aliphatic heterocycles. The van der Waals surface area contributed by atoms with Crippen LogP contribution in [0, 0.1) is 0 Å². The largest absolute Gasteiger partial charge is 0.477 e. The molecule has 0 saturated heterocycles. The Labute approximate surface area is 99.9 Å². The number of aliphatic hydroxyl groups excluding tert-OH is 1. The van der Waals surface area contributed by atoms with Crippen LogP contribution >= 0.6 is 0 Å². The Bertz CT molecular complexity index is 460. The van der Waals surface area contributed by atoms with Crippen molar-refractivity contribution in [3.8, 4) is 5.88 Å². The zero-order valence-corrected chi connectivity index (χ0v) is 9.41. The topological polar surface area (TPSA) is 55.2 Å². The van der Waals surface area contributed by atoms with Crippen molar-refractivity contribution >= 4 is 0 Å². The summed E-state index contributed by atoms with van der Waals surface area (Å²) in [7, 11) is 0. The van der Waals surface area contributed by atoms with Gasteiger partial charge in [0.2, 0.25) is 5.88 Å². The number of hydrogen-bond donors (Lipinski definition) is 1. The monoisotopic (exact) mass is 230 g/mol. The van der Waals surface area contributed by atoms with Crippen LogP contribution in [0.4, 0.5) is 0 Å². The van der Waals surface area contributed by atoms with Crippen LogP contribution in [0.15, 0.2) is 42.7 Å². The maximum Gasteiger partial charge on any atom is 0.213 e. The minimum Gasteiger partial charge on any atom is -0.477 e. The molecule has 17 heavy (non-hydrogen) atoms. The Morgan fingerprint density at radius 1 is 1.12 bits per heavy atom. The molecule has 2 rings (SSSR count). The van der Waals surface area contributed by atoms with E-state index in [0.29, 0.717) is 12.5 Å². The quantitative estimate of drug-likeness (QED) is 0.847. The van der Waals surface area contributed by atoms with Gasteiger partial charge in [-0.1, -0.05) is 6.07 Å². The van der Waals surface area contributed by atoms with Crippen molar-refractivity contribution in [2.75, 3.05) is 6.61 Å². The summed E-state index contributed by atoms with van der Waals surface area (Å²) in [5.74, 6) is 0.535. The SMILES string of the molecule is OCc1ccnc(OCCc2ccccn2)c1. The Morgan fingerprint density at radius 3 is 2.82 bits per heavy atom. The summed E-state index contributed by atoms with van der Waals surface area (Å²) in [6.45, 7) is 0.526. The first-order valence-electron chi connectivity index (χ1n) is 5.47. The van der Waals surface area contributed by atoms with Crippen LogP contribution in [-0.2, 0) is 13.0 Å². The summed E-state index contributed by atoms with van der Waals surface area (Å²) >= 11 is 0. The highest BCUT2D eigenvalue weighted by Gasteiger charge is 1.98. The van der Waals surface area contributed by atoms with Crippen LogP contribution in [0.5, 0.6) is 5.88 Å². The number of aromatic nitrogens is 2. The Morgan fingerprint density at radius 2 is 2.06 bits per heavy atom. The van der Waals surface area contributed by atoms with Crippen LogP contribution < -0.4 is 4.74 Å². The molecule has 0 radical (unpaired) electrons. The molecule has 0 spiro atoms. The van der Waals surface area contributed by atoms with Crippen LogP contribution in [0.1, 0.15) is 11.3 Å².